The van der Waals surface area contributed by atoms with Crippen LogP contribution in [0, 0.1) is 0 Å². The first-order chi connectivity index (χ1) is 7.68. The summed E-state index contributed by atoms with van der Waals surface area (Å²) < 4.78 is 25.8. The lowest BCUT2D eigenvalue weighted by atomic mass is 10.3. The minimum atomic E-state index is -5.04. The van der Waals surface area contributed by atoms with Crippen molar-refractivity contribution in [3.63, 3.8) is 0 Å². The van der Waals surface area contributed by atoms with Crippen LogP contribution in [-0.4, -0.2) is 24.9 Å². The minimum absolute atomic E-state index is 0.126. The highest BCUT2D eigenvalue weighted by molar-refractivity contribution is 7.70. The van der Waals surface area contributed by atoms with Gasteiger partial charge in [0.2, 0.25) is 0 Å². The maximum Gasteiger partial charge on any atom is 0.374 e. The van der Waals surface area contributed by atoms with Crippen molar-refractivity contribution in [3.05, 3.63) is 29.0 Å². The molecule has 0 aliphatic heterocycles. The Bertz CT molecular complexity index is 503. The average molecular weight is 304 g/mol. The molecule has 0 fully saturated rings. The number of nitrogens with zero attached hydrogens (tertiary/aromatic N) is 1. The second kappa shape index (κ2) is 5.14. The van der Waals surface area contributed by atoms with Crippen LogP contribution in [0.25, 0.3) is 0 Å². The Morgan fingerprint density at radius 3 is 2.35 bits per heavy atom. The first kappa shape index (κ1) is 14.8. The van der Waals surface area contributed by atoms with Gasteiger partial charge in [-0.3, -0.25) is 9.13 Å². The predicted molar refractivity (Wildman–Crippen MR) is 57.6 cm³/mol. The van der Waals surface area contributed by atoms with Crippen molar-refractivity contribution in [2.75, 3.05) is 0 Å². The molecule has 2 unspecified atom stereocenters. The van der Waals surface area contributed by atoms with Gasteiger partial charge in [-0.25, -0.2) is 10.2 Å². The Kier molecular flexibility index (Phi) is 4.46. The van der Waals surface area contributed by atoms with E-state index in [4.69, 9.17) is 26.6 Å². The van der Waals surface area contributed by atoms with E-state index in [0.29, 0.717) is 0 Å². The smallest absolute Gasteiger partial charge is 0.324 e. The molecule has 1 aromatic rings. The summed E-state index contributed by atoms with van der Waals surface area (Å²) in [5.74, 6) is 0. The molecule has 0 bridgehead atoms. The minimum Gasteiger partial charge on any atom is -0.324 e. The summed E-state index contributed by atoms with van der Waals surface area (Å²) in [6, 6.07) is 2.07. The Balaban J connectivity index is 3.36. The van der Waals surface area contributed by atoms with Crippen molar-refractivity contribution in [2.45, 2.75) is 5.40 Å². The molecule has 11 heteroatoms. The van der Waals surface area contributed by atoms with E-state index >= 15 is 0 Å². The Morgan fingerprint density at radius 1 is 1.35 bits per heavy atom. The Hall–Kier alpha value is -0.300. The van der Waals surface area contributed by atoms with Gasteiger partial charge in [0.1, 0.15) is 5.15 Å². The molecule has 1 heterocycles. The number of halogens is 1. The van der Waals surface area contributed by atoms with Gasteiger partial charge in [0, 0.05) is 6.20 Å². The number of pyridine rings is 1. The molecular formula is C6H8ClNO7P2. The third-order valence-electron chi connectivity index (χ3n) is 1.79. The molecule has 0 spiro atoms. The van der Waals surface area contributed by atoms with Crippen molar-refractivity contribution in [2.24, 2.45) is 0 Å². The van der Waals surface area contributed by atoms with Gasteiger partial charge in [0.25, 0.3) is 0 Å². The Labute approximate surface area is 100 Å². The molecule has 0 radical (unpaired) electrons. The number of rotatable bonds is 4. The lowest BCUT2D eigenvalue weighted by molar-refractivity contribution is -0.146. The van der Waals surface area contributed by atoms with Crippen LogP contribution in [0.2, 0.25) is 5.15 Å². The zero-order chi connectivity index (χ0) is 13.3. The SMILES string of the molecule is O=P(O)(O)C(c1ccnc(Cl)c1)P(=O)(O)OO. The van der Waals surface area contributed by atoms with Crippen molar-refractivity contribution in [1.29, 1.82) is 0 Å². The van der Waals surface area contributed by atoms with Crippen LogP contribution in [0.1, 0.15) is 11.0 Å². The van der Waals surface area contributed by atoms with Gasteiger partial charge in [-0.2, -0.15) is 4.67 Å². The van der Waals surface area contributed by atoms with Crippen LogP contribution in [0.5, 0.6) is 0 Å². The molecule has 1 aromatic heterocycles. The van der Waals surface area contributed by atoms with Crippen molar-refractivity contribution < 1.29 is 33.7 Å². The zero-order valence-electron chi connectivity index (χ0n) is 8.04. The van der Waals surface area contributed by atoms with Gasteiger partial charge in [0.05, 0.1) is 0 Å². The second-order valence-corrected chi connectivity index (χ2v) is 7.32. The molecule has 0 amide bonds. The predicted octanol–water partition coefficient (Wildman–Crippen LogP) is 1.59. The normalized spacial score (nSPS) is 17.5. The number of hydrogen-bond donors (Lipinski definition) is 4. The summed E-state index contributed by atoms with van der Waals surface area (Å²) in [7, 11) is -9.98. The van der Waals surface area contributed by atoms with Crippen LogP contribution in [0.4, 0.5) is 0 Å². The third kappa shape index (κ3) is 3.58. The second-order valence-electron chi connectivity index (χ2n) is 3.02. The first-order valence-electron chi connectivity index (χ1n) is 4.01. The summed E-state index contributed by atoms with van der Waals surface area (Å²) in [5, 5.41) is 5.91. The maximum atomic E-state index is 11.4. The van der Waals surface area contributed by atoms with Crippen molar-refractivity contribution in [1.82, 2.24) is 4.98 Å². The lowest BCUT2D eigenvalue weighted by Crippen LogP contribution is -2.03. The van der Waals surface area contributed by atoms with Crippen LogP contribution in [0.15, 0.2) is 18.3 Å². The molecule has 96 valence electrons. The molecule has 4 N–H and O–H groups in total. The largest absolute Gasteiger partial charge is 0.374 e. The van der Waals surface area contributed by atoms with Crippen molar-refractivity contribution in [3.8, 4) is 0 Å². The molecule has 0 saturated heterocycles. The van der Waals surface area contributed by atoms with E-state index in [0.717, 1.165) is 18.3 Å². The quantitative estimate of drug-likeness (QED) is 0.285. The molecule has 17 heavy (non-hydrogen) atoms. The molecule has 0 aliphatic rings. The van der Waals surface area contributed by atoms with Crippen LogP contribution in [0.3, 0.4) is 0 Å². The summed E-state index contributed by atoms with van der Waals surface area (Å²) in [5.41, 5.74) is -0.266. The first-order valence-corrected chi connectivity index (χ1v) is 7.71. The summed E-state index contributed by atoms with van der Waals surface area (Å²) in [6.07, 6.45) is 1.09. The van der Waals surface area contributed by atoms with Gasteiger partial charge in [-0.15, -0.1) is 0 Å². The highest BCUT2D eigenvalue weighted by Gasteiger charge is 2.47. The standard InChI is InChI=1S/C6H8ClNO7P2/c7-5-3-4(1-2-8-5)6(16(10,11)12)17(13,14)15-9/h1-3,6,9H,(H,13,14)(H2,10,11,12). The summed E-state index contributed by atoms with van der Waals surface area (Å²) >= 11 is 5.49. The van der Waals surface area contributed by atoms with E-state index in [1.807, 2.05) is 0 Å². The molecule has 8 nitrogen and oxygen atoms in total. The lowest BCUT2D eigenvalue weighted by Gasteiger charge is -2.21. The van der Waals surface area contributed by atoms with E-state index < -0.39 is 20.6 Å². The molecule has 2 atom stereocenters. The molecule has 0 aliphatic carbocycles. The number of aromatic nitrogens is 1. The molecule has 1 rings (SSSR count). The summed E-state index contributed by atoms with van der Waals surface area (Å²) in [6.45, 7) is 0. The number of hydrogen-bond acceptors (Lipinski definition) is 5. The fraction of sp³-hybridized carbons (Fsp3) is 0.167. The monoisotopic (exact) mass is 303 g/mol. The van der Waals surface area contributed by atoms with Gasteiger partial charge in [0.15, 0.2) is 5.40 Å². The van der Waals surface area contributed by atoms with Gasteiger partial charge in [-0.1, -0.05) is 11.6 Å². The molecular weight excluding hydrogens is 295 g/mol. The zero-order valence-corrected chi connectivity index (χ0v) is 10.6. The molecule has 0 aromatic carbocycles. The van der Waals surface area contributed by atoms with Gasteiger partial charge < -0.3 is 14.7 Å². The van der Waals surface area contributed by atoms with Gasteiger partial charge in [-0.05, 0) is 17.7 Å². The van der Waals surface area contributed by atoms with E-state index in [-0.39, 0.29) is 10.7 Å². The van der Waals surface area contributed by atoms with E-state index in [1.54, 1.807) is 0 Å². The highest BCUT2D eigenvalue weighted by Crippen LogP contribution is 2.71. The third-order valence-corrected chi connectivity index (χ3v) is 5.86. The summed E-state index contributed by atoms with van der Waals surface area (Å²) in [4.78, 5) is 30.8. The van der Waals surface area contributed by atoms with Gasteiger partial charge >= 0.3 is 15.2 Å². The van der Waals surface area contributed by atoms with Crippen molar-refractivity contribution >= 4 is 26.8 Å². The maximum absolute atomic E-state index is 11.4. The van der Waals surface area contributed by atoms with Crippen LogP contribution < -0.4 is 0 Å². The fourth-order valence-electron chi connectivity index (χ4n) is 1.20. The van der Waals surface area contributed by atoms with Crippen LogP contribution >= 0.6 is 26.8 Å². The van der Waals surface area contributed by atoms with E-state index in [9.17, 15) is 14.0 Å². The van der Waals surface area contributed by atoms with E-state index in [1.165, 1.54) is 0 Å². The highest BCUT2D eigenvalue weighted by atomic mass is 35.5. The average Bonchev–Trinajstić information content (AvgIpc) is 2.15. The Morgan fingerprint density at radius 2 is 1.94 bits per heavy atom. The van der Waals surface area contributed by atoms with E-state index in [2.05, 4.69) is 9.66 Å². The topological polar surface area (TPSA) is 137 Å². The fourth-order valence-corrected chi connectivity index (χ4v) is 4.20. The molecule has 0 saturated carbocycles. The van der Waals surface area contributed by atoms with Crippen LogP contribution in [-0.2, 0) is 13.8 Å².